The smallest absolute Gasteiger partial charge is 0.744 e. The van der Waals surface area contributed by atoms with Crippen molar-refractivity contribution in [1.82, 2.24) is 10.6 Å². The van der Waals surface area contributed by atoms with Crippen LogP contribution in [0.4, 0.5) is 0 Å². The van der Waals surface area contributed by atoms with Crippen molar-refractivity contribution in [3.8, 4) is 5.75 Å². The number of phenolic OH excluding ortho intramolecular Hbond substituents is 1. The number of benzene rings is 2. The quantitative estimate of drug-likeness (QED) is 0.151. The maximum Gasteiger partial charge on any atom is 1.00 e. The van der Waals surface area contributed by atoms with Gasteiger partial charge in [-0.25, -0.2) is 8.42 Å². The van der Waals surface area contributed by atoms with Crippen molar-refractivity contribution in [2.75, 3.05) is 19.6 Å². The number of nitrogens with one attached hydrogen (secondary N) is 2. The van der Waals surface area contributed by atoms with E-state index in [4.69, 9.17) is 0 Å². The molecule has 0 heterocycles. The summed E-state index contributed by atoms with van der Waals surface area (Å²) in [6.45, 7) is 9.91. The fourth-order valence-electron chi connectivity index (χ4n) is 5.42. The Kier molecular flexibility index (Phi) is 13.7. The Morgan fingerprint density at radius 1 is 0.913 bits per heavy atom. The summed E-state index contributed by atoms with van der Waals surface area (Å²) in [4.78, 5) is 35.6. The second kappa shape index (κ2) is 16.1. The van der Waals surface area contributed by atoms with Gasteiger partial charge in [-0.2, -0.15) is 0 Å². The van der Waals surface area contributed by atoms with Gasteiger partial charge in [0.25, 0.3) is 0 Å². The summed E-state index contributed by atoms with van der Waals surface area (Å²) < 4.78 is 37.8. The van der Waals surface area contributed by atoms with Crippen LogP contribution in [0.5, 0.6) is 5.75 Å². The van der Waals surface area contributed by atoms with Gasteiger partial charge < -0.3 is 30.5 Å². The van der Waals surface area contributed by atoms with Gasteiger partial charge in [-0.15, -0.1) is 0 Å². The van der Waals surface area contributed by atoms with Crippen LogP contribution in [-0.4, -0.2) is 65.6 Å². The third-order valence-corrected chi connectivity index (χ3v) is 8.67. The van der Waals surface area contributed by atoms with Crippen LogP contribution in [0.25, 0.3) is 5.57 Å². The number of rotatable bonds is 13. The second-order valence-electron chi connectivity index (χ2n) is 11.5. The van der Waals surface area contributed by atoms with E-state index in [-0.39, 0.29) is 78.1 Å². The van der Waals surface area contributed by atoms with Crippen molar-refractivity contribution in [2.45, 2.75) is 58.9 Å². The molecule has 0 aliphatic heterocycles. The Bertz CT molecular complexity index is 1740. The third-order valence-electron chi connectivity index (χ3n) is 7.77. The molecule has 2 aromatic carbocycles. The Morgan fingerprint density at radius 2 is 1.48 bits per heavy atom. The number of aliphatic carboxylic acids is 2. The molecule has 5 N–H and O–H groups in total. The number of hydrogen-bond donors (Lipinski definition) is 5. The summed E-state index contributed by atoms with van der Waals surface area (Å²) in [6.07, 6.45) is 1.68. The number of allylic oxidation sites excluding steroid dienone is 4. The second-order valence-corrected chi connectivity index (χ2v) is 12.9. The minimum atomic E-state index is -4.99. The molecule has 0 radical (unpaired) electrons. The molecular weight excluding hydrogens is 623 g/mol. The normalized spacial score (nSPS) is 14.8. The summed E-state index contributed by atoms with van der Waals surface area (Å²) in [5.41, 5.74) is 3.90. The zero-order chi connectivity index (χ0) is 33.8. The predicted molar refractivity (Wildman–Crippen MR) is 168 cm³/mol. The molecular formula is C33H39N2NaO9S. The molecule has 0 aromatic heterocycles. The average Bonchev–Trinajstić information content (AvgIpc) is 2.93. The summed E-state index contributed by atoms with van der Waals surface area (Å²) in [5, 5.41) is 35.2. The SMILES string of the molecule is CC1=C(CNCC(=O)O)C(=O)C(C(C)C)=C/C1=C(/c1ccccc1S(=O)(=O)[O-])c1cc(C(C)C)c(O)c(CNCC(=O)O)c1C.[Na+]. The van der Waals surface area contributed by atoms with Crippen LogP contribution in [0, 0.1) is 12.8 Å². The molecule has 46 heavy (non-hydrogen) atoms. The molecule has 11 nitrogen and oxygen atoms in total. The summed E-state index contributed by atoms with van der Waals surface area (Å²) in [6, 6.07) is 7.47. The van der Waals surface area contributed by atoms with Gasteiger partial charge in [-0.3, -0.25) is 14.4 Å². The van der Waals surface area contributed by atoms with Crippen molar-refractivity contribution in [3.63, 3.8) is 0 Å². The number of Topliss-reactive ketones (excluding diaryl/α,β-unsaturated/α-hetero) is 1. The average molecular weight is 663 g/mol. The molecule has 2 aromatic rings. The van der Waals surface area contributed by atoms with E-state index in [0.717, 1.165) is 0 Å². The molecule has 242 valence electrons. The molecule has 0 unspecified atom stereocenters. The summed E-state index contributed by atoms with van der Waals surface area (Å²) in [5.74, 6) is -2.99. The van der Waals surface area contributed by atoms with Crippen LogP contribution in [0.1, 0.15) is 68.4 Å². The van der Waals surface area contributed by atoms with Crippen LogP contribution >= 0.6 is 0 Å². The van der Waals surface area contributed by atoms with Crippen LogP contribution in [-0.2, 0) is 31.0 Å². The monoisotopic (exact) mass is 662 g/mol. The zero-order valence-corrected chi connectivity index (χ0v) is 30.0. The largest absolute Gasteiger partial charge is 1.00 e. The Labute approximate surface area is 291 Å². The molecule has 1 aliphatic carbocycles. The summed E-state index contributed by atoms with van der Waals surface area (Å²) in [7, 11) is -4.99. The van der Waals surface area contributed by atoms with Gasteiger partial charge in [0.1, 0.15) is 15.9 Å². The Balaban J connectivity index is 0.00000736. The van der Waals surface area contributed by atoms with Gasteiger partial charge in [0.2, 0.25) is 0 Å². The molecule has 13 heteroatoms. The maximum absolute atomic E-state index is 13.6. The van der Waals surface area contributed by atoms with E-state index < -0.39 is 33.5 Å². The first-order chi connectivity index (χ1) is 21.0. The molecule has 3 rings (SSSR count). The minimum absolute atomic E-state index is 0. The standard InChI is InChI=1S/C33H40N2O9S.Na/c1-17(2)22-11-24(19(5)26(32(22)40)13-34-15-29(36)37)31(21-9-7-8-10-28(21)45(42,43)44)25-12-23(18(3)4)33(41)27(20(25)6)14-35-16-30(38)39;/h7-12,17-18,34-35,40H,13-16H2,1-6H3,(H,36,37)(H,38,39)(H,42,43,44);/q;+1/p-1/b31-25+;. The summed E-state index contributed by atoms with van der Waals surface area (Å²) >= 11 is 0. The van der Waals surface area contributed by atoms with Crippen LogP contribution in [0.2, 0.25) is 0 Å². The Morgan fingerprint density at radius 3 is 2.00 bits per heavy atom. The first-order valence-electron chi connectivity index (χ1n) is 14.4. The van der Waals surface area contributed by atoms with Gasteiger partial charge in [0, 0.05) is 35.4 Å². The van der Waals surface area contributed by atoms with Gasteiger partial charge >= 0.3 is 41.5 Å². The van der Waals surface area contributed by atoms with Gasteiger partial charge in [0.05, 0.1) is 18.0 Å². The van der Waals surface area contributed by atoms with Gasteiger partial charge in [-0.05, 0) is 77.3 Å². The van der Waals surface area contributed by atoms with Crippen molar-refractivity contribution >= 4 is 33.4 Å². The van der Waals surface area contributed by atoms with E-state index in [0.29, 0.717) is 50.1 Å². The first-order valence-corrected chi connectivity index (χ1v) is 15.8. The molecule has 0 amide bonds. The number of aromatic hydroxyl groups is 1. The number of carboxylic acids is 2. The number of hydrogen-bond acceptors (Lipinski definition) is 9. The molecule has 0 saturated carbocycles. The fourth-order valence-corrected chi connectivity index (χ4v) is 6.10. The zero-order valence-electron chi connectivity index (χ0n) is 27.1. The molecule has 1 aliphatic rings. The molecule has 0 bridgehead atoms. The van der Waals surface area contributed by atoms with Gasteiger partial charge in [0.15, 0.2) is 5.78 Å². The van der Waals surface area contributed by atoms with E-state index in [9.17, 15) is 42.7 Å². The van der Waals surface area contributed by atoms with Crippen LogP contribution < -0.4 is 40.2 Å². The van der Waals surface area contributed by atoms with Crippen molar-refractivity contribution in [3.05, 3.63) is 86.5 Å². The van der Waals surface area contributed by atoms with Gasteiger partial charge in [-0.1, -0.05) is 45.9 Å². The van der Waals surface area contributed by atoms with E-state index in [2.05, 4.69) is 10.6 Å². The number of carbonyl (C=O) groups excluding carboxylic acids is 1. The molecule has 0 fully saturated rings. The third kappa shape index (κ3) is 8.82. The van der Waals surface area contributed by atoms with Crippen LogP contribution in [0.3, 0.4) is 0 Å². The predicted octanol–water partition coefficient (Wildman–Crippen LogP) is 0.864. The number of carboxylic acid groups (broad SMARTS) is 2. The first kappa shape index (κ1) is 39.1. The van der Waals surface area contributed by atoms with Crippen LogP contribution in [0.15, 0.2) is 63.6 Å². The Hall–Kier alpha value is -3.10. The minimum Gasteiger partial charge on any atom is -0.744 e. The number of phenols is 1. The molecule has 0 saturated heterocycles. The number of carbonyl (C=O) groups is 3. The fraction of sp³-hybridized carbons (Fsp3) is 0.364. The number of ketones is 1. The topological polar surface area (TPSA) is 193 Å². The molecule has 0 spiro atoms. The van der Waals surface area contributed by atoms with E-state index in [1.165, 1.54) is 18.2 Å². The van der Waals surface area contributed by atoms with Crippen molar-refractivity contribution in [1.29, 1.82) is 0 Å². The van der Waals surface area contributed by atoms with E-state index in [1.54, 1.807) is 32.1 Å². The maximum atomic E-state index is 13.6. The van der Waals surface area contributed by atoms with Crippen molar-refractivity contribution in [2.24, 2.45) is 5.92 Å². The molecule has 0 atom stereocenters. The van der Waals surface area contributed by atoms with E-state index >= 15 is 0 Å². The van der Waals surface area contributed by atoms with E-state index in [1.807, 2.05) is 27.7 Å². The van der Waals surface area contributed by atoms with Crippen molar-refractivity contribution < 1.29 is 72.2 Å².